The first-order valence-corrected chi connectivity index (χ1v) is 11.2. The highest BCUT2D eigenvalue weighted by Gasteiger charge is 2.32. The van der Waals surface area contributed by atoms with Crippen molar-refractivity contribution in [3.63, 3.8) is 0 Å². The Hall–Kier alpha value is -2.67. The highest BCUT2D eigenvalue weighted by atomic mass is 16.5. The molecular weight excluding hydrogens is 392 g/mol. The third kappa shape index (κ3) is 4.98. The Morgan fingerprint density at radius 3 is 2.52 bits per heavy atom. The molecule has 0 spiro atoms. The van der Waals surface area contributed by atoms with E-state index in [2.05, 4.69) is 16.3 Å². The van der Waals surface area contributed by atoms with Gasteiger partial charge in [0.2, 0.25) is 5.91 Å². The summed E-state index contributed by atoms with van der Waals surface area (Å²) in [6, 6.07) is 8.12. The van der Waals surface area contributed by atoms with Crippen molar-refractivity contribution in [1.29, 1.82) is 0 Å². The zero-order chi connectivity index (χ0) is 22.0. The second-order valence-electron chi connectivity index (χ2n) is 8.99. The van der Waals surface area contributed by atoms with E-state index in [1.165, 1.54) is 5.56 Å². The van der Waals surface area contributed by atoms with Gasteiger partial charge < -0.3 is 14.5 Å². The SMILES string of the molecule is Cc1cccc(CC(=O)N2CCC(c3[nH]ncc3C(=O)N3C[C@@H](C)O[C@@H](C)C3)CC2)c1. The van der Waals surface area contributed by atoms with Crippen molar-refractivity contribution in [2.24, 2.45) is 0 Å². The molecule has 4 rings (SSSR count). The van der Waals surface area contributed by atoms with Gasteiger partial charge in [-0.05, 0) is 39.2 Å². The third-order valence-corrected chi connectivity index (χ3v) is 6.30. The number of carbonyl (C=O) groups is 2. The molecule has 1 aromatic heterocycles. The smallest absolute Gasteiger partial charge is 0.257 e. The number of nitrogens with one attached hydrogen (secondary N) is 1. The number of ether oxygens (including phenoxy) is 1. The molecule has 0 aliphatic carbocycles. The maximum absolute atomic E-state index is 13.2. The van der Waals surface area contributed by atoms with E-state index in [9.17, 15) is 9.59 Å². The fourth-order valence-electron chi connectivity index (χ4n) is 4.82. The zero-order valence-corrected chi connectivity index (χ0v) is 18.6. The lowest BCUT2D eigenvalue weighted by molar-refractivity contribution is -0.131. The van der Waals surface area contributed by atoms with Gasteiger partial charge in [0, 0.05) is 32.1 Å². The Balaban J connectivity index is 1.37. The van der Waals surface area contributed by atoms with Gasteiger partial charge in [-0.25, -0.2) is 0 Å². The molecule has 7 nitrogen and oxygen atoms in total. The second kappa shape index (κ2) is 9.22. The number of hydrogen-bond acceptors (Lipinski definition) is 4. The molecule has 166 valence electrons. The van der Waals surface area contributed by atoms with Crippen molar-refractivity contribution in [3.05, 3.63) is 52.8 Å². The number of amides is 2. The van der Waals surface area contributed by atoms with E-state index in [4.69, 9.17) is 4.74 Å². The summed E-state index contributed by atoms with van der Waals surface area (Å²) in [5.41, 5.74) is 3.79. The van der Waals surface area contributed by atoms with Crippen LogP contribution in [-0.2, 0) is 16.0 Å². The molecule has 3 heterocycles. The van der Waals surface area contributed by atoms with Gasteiger partial charge in [0.15, 0.2) is 0 Å². The predicted molar refractivity (Wildman–Crippen MR) is 118 cm³/mol. The molecule has 0 saturated carbocycles. The number of aromatic nitrogens is 2. The minimum absolute atomic E-state index is 0.0173. The molecule has 1 N–H and O–H groups in total. The van der Waals surface area contributed by atoms with Crippen LogP contribution < -0.4 is 0 Å². The Morgan fingerprint density at radius 1 is 1.13 bits per heavy atom. The largest absolute Gasteiger partial charge is 0.372 e. The predicted octanol–water partition coefficient (Wildman–Crippen LogP) is 2.92. The molecule has 2 atom stereocenters. The lowest BCUT2D eigenvalue weighted by atomic mass is 9.90. The molecule has 2 aliphatic heterocycles. The molecule has 2 aromatic rings. The Morgan fingerprint density at radius 2 is 1.84 bits per heavy atom. The van der Waals surface area contributed by atoms with E-state index in [0.717, 1.165) is 24.1 Å². The standard InChI is InChI=1S/C24H32N4O3/c1-16-5-4-6-19(11-16)12-22(29)27-9-7-20(8-10-27)23-21(13-25-26-23)24(30)28-14-17(2)31-18(3)15-28/h4-6,11,13,17-18,20H,7-10,12,14-15H2,1-3H3,(H,25,26)/t17-,18+. The van der Waals surface area contributed by atoms with Crippen molar-refractivity contribution in [1.82, 2.24) is 20.0 Å². The molecule has 1 aromatic carbocycles. The highest BCUT2D eigenvalue weighted by Crippen LogP contribution is 2.30. The fraction of sp³-hybridized carbons (Fsp3) is 0.542. The zero-order valence-electron chi connectivity index (χ0n) is 18.6. The van der Waals surface area contributed by atoms with E-state index in [-0.39, 0.29) is 29.9 Å². The first kappa shape index (κ1) is 21.6. The minimum atomic E-state index is 0.0173. The molecule has 31 heavy (non-hydrogen) atoms. The molecule has 2 aliphatic rings. The molecular formula is C24H32N4O3. The van der Waals surface area contributed by atoms with Crippen LogP contribution in [0, 0.1) is 6.92 Å². The van der Waals surface area contributed by atoms with Crippen LogP contribution in [0.5, 0.6) is 0 Å². The van der Waals surface area contributed by atoms with Crippen LogP contribution in [0.4, 0.5) is 0 Å². The molecule has 2 amide bonds. The molecule has 0 bridgehead atoms. The summed E-state index contributed by atoms with van der Waals surface area (Å²) in [7, 11) is 0. The summed E-state index contributed by atoms with van der Waals surface area (Å²) < 4.78 is 5.76. The third-order valence-electron chi connectivity index (χ3n) is 6.30. The normalized spacial score (nSPS) is 22.5. The molecule has 0 unspecified atom stereocenters. The number of hydrogen-bond donors (Lipinski definition) is 1. The number of piperidine rings is 1. The van der Waals surface area contributed by atoms with E-state index in [1.54, 1.807) is 6.20 Å². The maximum Gasteiger partial charge on any atom is 0.257 e. The number of nitrogens with zero attached hydrogens (tertiary/aromatic N) is 3. The van der Waals surface area contributed by atoms with Crippen LogP contribution in [-0.4, -0.2) is 70.2 Å². The van der Waals surface area contributed by atoms with Crippen LogP contribution in [0.1, 0.15) is 59.8 Å². The number of aromatic amines is 1. The number of morpholine rings is 1. The van der Waals surface area contributed by atoms with Gasteiger partial charge in [0.05, 0.1) is 36.1 Å². The number of rotatable bonds is 4. The van der Waals surface area contributed by atoms with E-state index < -0.39 is 0 Å². The highest BCUT2D eigenvalue weighted by molar-refractivity contribution is 5.95. The molecule has 2 saturated heterocycles. The lowest BCUT2D eigenvalue weighted by Crippen LogP contribution is -2.48. The van der Waals surface area contributed by atoms with E-state index >= 15 is 0 Å². The van der Waals surface area contributed by atoms with Gasteiger partial charge in [-0.3, -0.25) is 14.7 Å². The van der Waals surface area contributed by atoms with Gasteiger partial charge in [0.25, 0.3) is 5.91 Å². The first-order chi connectivity index (χ1) is 14.9. The summed E-state index contributed by atoms with van der Waals surface area (Å²) in [4.78, 5) is 29.7. The average molecular weight is 425 g/mol. The molecule has 0 radical (unpaired) electrons. The monoisotopic (exact) mass is 424 g/mol. The first-order valence-electron chi connectivity index (χ1n) is 11.2. The lowest BCUT2D eigenvalue weighted by Gasteiger charge is -2.36. The van der Waals surface area contributed by atoms with Crippen LogP contribution in [0.15, 0.2) is 30.5 Å². The summed E-state index contributed by atoms with van der Waals surface area (Å²) in [6.45, 7) is 8.63. The summed E-state index contributed by atoms with van der Waals surface area (Å²) in [6.07, 6.45) is 3.82. The number of carbonyl (C=O) groups excluding carboxylic acids is 2. The van der Waals surface area contributed by atoms with E-state index in [0.29, 0.717) is 38.2 Å². The average Bonchev–Trinajstić information content (AvgIpc) is 3.22. The van der Waals surface area contributed by atoms with Crippen molar-refractivity contribution in [2.75, 3.05) is 26.2 Å². The van der Waals surface area contributed by atoms with Crippen LogP contribution in [0.3, 0.4) is 0 Å². The topological polar surface area (TPSA) is 78.5 Å². The number of aryl methyl sites for hydroxylation is 1. The summed E-state index contributed by atoms with van der Waals surface area (Å²) >= 11 is 0. The van der Waals surface area contributed by atoms with Crippen molar-refractivity contribution in [2.45, 2.75) is 58.2 Å². The number of H-pyrrole nitrogens is 1. The molecule has 7 heteroatoms. The van der Waals surface area contributed by atoms with Crippen LogP contribution >= 0.6 is 0 Å². The number of likely N-dealkylation sites (tertiary alicyclic amines) is 1. The van der Waals surface area contributed by atoms with Gasteiger partial charge in [0.1, 0.15) is 0 Å². The Kier molecular flexibility index (Phi) is 6.41. The minimum Gasteiger partial charge on any atom is -0.372 e. The van der Waals surface area contributed by atoms with Crippen molar-refractivity contribution in [3.8, 4) is 0 Å². The Bertz CT molecular complexity index is 922. The van der Waals surface area contributed by atoms with Gasteiger partial charge >= 0.3 is 0 Å². The summed E-state index contributed by atoms with van der Waals surface area (Å²) in [5, 5.41) is 7.26. The van der Waals surface area contributed by atoms with Gasteiger partial charge in [-0.2, -0.15) is 5.10 Å². The Labute approximate surface area is 183 Å². The fourth-order valence-corrected chi connectivity index (χ4v) is 4.82. The quantitative estimate of drug-likeness (QED) is 0.819. The molecule has 2 fully saturated rings. The maximum atomic E-state index is 13.2. The van der Waals surface area contributed by atoms with Gasteiger partial charge in [-0.1, -0.05) is 29.8 Å². The second-order valence-corrected chi connectivity index (χ2v) is 8.99. The number of benzene rings is 1. The summed E-state index contributed by atoms with van der Waals surface area (Å²) in [5.74, 6) is 0.394. The van der Waals surface area contributed by atoms with Crippen molar-refractivity contribution >= 4 is 11.8 Å². The van der Waals surface area contributed by atoms with E-state index in [1.807, 2.05) is 48.8 Å². The van der Waals surface area contributed by atoms with Gasteiger partial charge in [-0.15, -0.1) is 0 Å². The van der Waals surface area contributed by atoms with Crippen molar-refractivity contribution < 1.29 is 14.3 Å². The van der Waals surface area contributed by atoms with Crippen LogP contribution in [0.25, 0.3) is 0 Å². The van der Waals surface area contributed by atoms with Crippen LogP contribution in [0.2, 0.25) is 0 Å².